The highest BCUT2D eigenvalue weighted by Crippen LogP contribution is 2.09. The Bertz CT molecular complexity index is 713. The lowest BCUT2D eigenvalue weighted by Gasteiger charge is -2.09. The molecule has 0 aliphatic carbocycles. The molecule has 0 aromatic carbocycles. The van der Waals surface area contributed by atoms with Crippen LogP contribution in [0.1, 0.15) is 84.0 Å². The molecule has 0 atom stereocenters. The highest BCUT2D eigenvalue weighted by atomic mass is 127. The second kappa shape index (κ2) is 51.7. The zero-order valence-electron chi connectivity index (χ0n) is 34.5. The molecule has 0 spiro atoms. The van der Waals surface area contributed by atoms with Crippen LogP contribution in [0.15, 0.2) is 0 Å². The number of hydrogen-bond donors (Lipinski definition) is 0. The van der Waals surface area contributed by atoms with Crippen LogP contribution in [-0.2, 0) is 66.4 Å². The Morgan fingerprint density at radius 1 is 0.309 bits per heavy atom. The molecule has 0 aromatic rings. The van der Waals surface area contributed by atoms with Gasteiger partial charge in [0.05, 0.1) is 152 Å². The minimum atomic E-state index is -0.141. The van der Waals surface area contributed by atoms with E-state index >= 15 is 0 Å². The zero-order chi connectivity index (χ0) is 39.6. The zero-order valence-corrected chi connectivity index (χ0v) is 36.6. The smallest absolute Gasteiger partial charge is 0.305 e. The van der Waals surface area contributed by atoms with Crippen molar-refractivity contribution in [1.82, 2.24) is 0 Å². The van der Waals surface area contributed by atoms with E-state index in [9.17, 15) is 4.79 Å². The molecule has 0 N–H and O–H groups in total. The van der Waals surface area contributed by atoms with Gasteiger partial charge in [-0.1, -0.05) is 80.9 Å². The maximum Gasteiger partial charge on any atom is 0.305 e. The quantitative estimate of drug-likeness (QED) is 0.0312. The van der Waals surface area contributed by atoms with Crippen LogP contribution in [0.5, 0.6) is 0 Å². The van der Waals surface area contributed by atoms with Gasteiger partial charge in [0.15, 0.2) is 0 Å². The number of carbonyl (C=O) groups excluding carboxylic acids is 1. The SMILES string of the molecule is CCCCCCCCCC(=O)OCCOCCOCCOCCOCCOCCOCCOCCOCCOCCOCCOCCOCCCCCCI. The van der Waals surface area contributed by atoms with Crippen molar-refractivity contribution in [3.05, 3.63) is 0 Å². The van der Waals surface area contributed by atoms with E-state index in [-0.39, 0.29) is 12.6 Å². The predicted molar refractivity (Wildman–Crippen MR) is 221 cm³/mol. The molecule has 0 unspecified atom stereocenters. The number of carbonyl (C=O) groups is 1. The topological polar surface area (TPSA) is 137 Å². The maximum atomic E-state index is 11.7. The van der Waals surface area contributed by atoms with Crippen LogP contribution in [0.2, 0.25) is 0 Å². The molecule has 0 saturated heterocycles. The van der Waals surface area contributed by atoms with Gasteiger partial charge in [0.25, 0.3) is 0 Å². The van der Waals surface area contributed by atoms with Crippen LogP contribution in [-0.4, -0.2) is 176 Å². The number of ether oxygens (including phenoxy) is 13. The lowest BCUT2D eigenvalue weighted by atomic mass is 10.1. The molecule has 0 amide bonds. The van der Waals surface area contributed by atoms with Crippen molar-refractivity contribution in [3.8, 4) is 0 Å². The monoisotopic (exact) mass is 910 g/mol. The number of esters is 1. The first-order valence-electron chi connectivity index (χ1n) is 21.0. The van der Waals surface area contributed by atoms with Crippen molar-refractivity contribution >= 4 is 28.6 Å². The van der Waals surface area contributed by atoms with Crippen molar-refractivity contribution in [3.63, 3.8) is 0 Å². The van der Waals surface area contributed by atoms with E-state index in [1.807, 2.05) is 0 Å². The highest BCUT2D eigenvalue weighted by molar-refractivity contribution is 14.1. The summed E-state index contributed by atoms with van der Waals surface area (Å²) in [5, 5.41) is 0. The molecule has 0 heterocycles. The number of rotatable bonds is 50. The number of halogens is 1. The fourth-order valence-corrected chi connectivity index (χ4v) is 5.23. The fraction of sp³-hybridized carbons (Fsp3) is 0.975. The Morgan fingerprint density at radius 2 is 0.564 bits per heavy atom. The van der Waals surface area contributed by atoms with Gasteiger partial charge in [0.2, 0.25) is 0 Å². The molecule has 0 saturated carbocycles. The van der Waals surface area contributed by atoms with Gasteiger partial charge in [0.1, 0.15) is 6.61 Å². The third kappa shape index (κ3) is 51.7. The second-order valence-corrected chi connectivity index (χ2v) is 13.6. The highest BCUT2D eigenvalue weighted by Gasteiger charge is 2.03. The molecular weight excluding hydrogens is 831 g/mol. The minimum Gasteiger partial charge on any atom is -0.463 e. The lowest BCUT2D eigenvalue weighted by Crippen LogP contribution is -2.15. The molecule has 15 heteroatoms. The van der Waals surface area contributed by atoms with Crippen molar-refractivity contribution in [2.45, 2.75) is 84.0 Å². The van der Waals surface area contributed by atoms with Gasteiger partial charge in [-0.05, 0) is 23.7 Å². The first-order valence-corrected chi connectivity index (χ1v) is 22.5. The standard InChI is InChI=1S/C40H79IO14/c1-2-3-4-5-6-7-10-13-40(42)55-39-38-54-37-36-53-35-34-52-33-32-51-31-30-50-29-28-49-27-26-48-25-24-47-23-22-46-21-20-45-19-18-44-17-16-43-15-12-9-8-11-14-41/h2-39H2,1H3. The Balaban J connectivity index is 3.09. The largest absolute Gasteiger partial charge is 0.463 e. The fourth-order valence-electron chi connectivity index (χ4n) is 4.69. The van der Waals surface area contributed by atoms with Crippen LogP contribution in [0, 0.1) is 0 Å². The van der Waals surface area contributed by atoms with Gasteiger partial charge in [-0.25, -0.2) is 0 Å². The maximum absolute atomic E-state index is 11.7. The van der Waals surface area contributed by atoms with Crippen LogP contribution in [0.4, 0.5) is 0 Å². The van der Waals surface area contributed by atoms with E-state index in [0.717, 1.165) is 25.9 Å². The van der Waals surface area contributed by atoms with Gasteiger partial charge in [-0.3, -0.25) is 4.79 Å². The van der Waals surface area contributed by atoms with Crippen LogP contribution in [0.25, 0.3) is 0 Å². The van der Waals surface area contributed by atoms with Gasteiger partial charge >= 0.3 is 5.97 Å². The Kier molecular flexibility index (Phi) is 51.5. The summed E-state index contributed by atoms with van der Waals surface area (Å²) in [5.74, 6) is -0.141. The molecule has 330 valence electrons. The van der Waals surface area contributed by atoms with Gasteiger partial charge in [0, 0.05) is 13.0 Å². The summed E-state index contributed by atoms with van der Waals surface area (Å²) < 4.78 is 72.4. The number of hydrogen-bond acceptors (Lipinski definition) is 14. The molecule has 0 bridgehead atoms. The third-order valence-electron chi connectivity index (χ3n) is 7.74. The van der Waals surface area contributed by atoms with E-state index in [2.05, 4.69) is 29.5 Å². The second-order valence-electron chi connectivity index (χ2n) is 12.5. The Hall–Kier alpha value is -0.280. The minimum absolute atomic E-state index is 0.141. The van der Waals surface area contributed by atoms with Crippen molar-refractivity contribution in [2.24, 2.45) is 0 Å². The molecule has 0 aliphatic heterocycles. The summed E-state index contributed by atoms with van der Waals surface area (Å²) in [6.45, 7) is 15.1. The molecular formula is C40H79IO14. The van der Waals surface area contributed by atoms with E-state index in [1.165, 1.54) is 55.8 Å². The molecule has 0 radical (unpaired) electrons. The first kappa shape index (κ1) is 54.7. The number of unbranched alkanes of at least 4 members (excludes halogenated alkanes) is 9. The summed E-state index contributed by atoms with van der Waals surface area (Å²) in [5.41, 5.74) is 0. The Morgan fingerprint density at radius 3 is 0.891 bits per heavy atom. The van der Waals surface area contributed by atoms with Crippen LogP contribution < -0.4 is 0 Å². The summed E-state index contributed by atoms with van der Waals surface area (Å²) >= 11 is 2.42. The lowest BCUT2D eigenvalue weighted by molar-refractivity contribution is -0.145. The Labute approximate surface area is 347 Å². The van der Waals surface area contributed by atoms with Crippen LogP contribution in [0.3, 0.4) is 0 Å². The summed E-state index contributed by atoms with van der Waals surface area (Å²) in [7, 11) is 0. The van der Waals surface area contributed by atoms with Crippen molar-refractivity contribution < 1.29 is 66.4 Å². The molecule has 0 rings (SSSR count). The summed E-state index contributed by atoms with van der Waals surface area (Å²) in [4.78, 5) is 11.7. The van der Waals surface area contributed by atoms with Gasteiger partial charge in [-0.15, -0.1) is 0 Å². The molecule has 0 fully saturated rings. The van der Waals surface area contributed by atoms with Crippen LogP contribution >= 0.6 is 22.6 Å². The number of alkyl halides is 1. The van der Waals surface area contributed by atoms with Gasteiger partial charge < -0.3 is 61.6 Å². The molecule has 55 heavy (non-hydrogen) atoms. The average Bonchev–Trinajstić information content (AvgIpc) is 3.19. The normalized spacial score (nSPS) is 11.5. The molecule has 0 aromatic heterocycles. The summed E-state index contributed by atoms with van der Waals surface area (Å²) in [6.07, 6.45) is 13.8. The van der Waals surface area contributed by atoms with E-state index in [0.29, 0.717) is 158 Å². The van der Waals surface area contributed by atoms with Crippen molar-refractivity contribution in [1.29, 1.82) is 0 Å². The van der Waals surface area contributed by atoms with Gasteiger partial charge in [-0.2, -0.15) is 0 Å². The summed E-state index contributed by atoms with van der Waals surface area (Å²) in [6, 6.07) is 0. The van der Waals surface area contributed by atoms with E-state index in [1.54, 1.807) is 0 Å². The third-order valence-corrected chi connectivity index (χ3v) is 8.50. The molecule has 0 aliphatic rings. The predicted octanol–water partition coefficient (Wildman–Crippen LogP) is 5.86. The average molecular weight is 911 g/mol. The van der Waals surface area contributed by atoms with Crippen molar-refractivity contribution in [2.75, 3.05) is 170 Å². The van der Waals surface area contributed by atoms with E-state index in [4.69, 9.17) is 61.6 Å². The molecule has 14 nitrogen and oxygen atoms in total. The van der Waals surface area contributed by atoms with E-state index < -0.39 is 0 Å². The first-order chi connectivity index (χ1) is 27.3.